The van der Waals surface area contributed by atoms with Crippen LogP contribution in [0.3, 0.4) is 0 Å². The van der Waals surface area contributed by atoms with Crippen LogP contribution < -0.4 is 10.1 Å². The lowest BCUT2D eigenvalue weighted by Crippen LogP contribution is -2.45. The van der Waals surface area contributed by atoms with Gasteiger partial charge < -0.3 is 10.1 Å². The maximum Gasteiger partial charge on any atom is 0.131 e. The molecule has 1 heterocycles. The molecule has 3 nitrogen and oxygen atoms in total. The van der Waals surface area contributed by atoms with Gasteiger partial charge in [0.2, 0.25) is 0 Å². The van der Waals surface area contributed by atoms with E-state index < -0.39 is 0 Å². The average molecular weight is 317 g/mol. The molecule has 0 unspecified atom stereocenters. The number of hydrogen-bond donors (Lipinski definition) is 1. The minimum absolute atomic E-state index is 0. The standard InChI is InChI=1S/C16H25FN2O.ClH/c1-12(2)10-16(19-8-6-18-7-9-19)14-5-4-13(20-3)11-15(14)17;/h4-5,11-12,16,18H,6-10H2,1-3H3;1H/t16-;/m0./s1. The Morgan fingerprint density at radius 3 is 2.48 bits per heavy atom. The first-order chi connectivity index (χ1) is 9.61. The molecule has 1 aliphatic heterocycles. The highest BCUT2D eigenvalue weighted by atomic mass is 35.5. The van der Waals surface area contributed by atoms with Gasteiger partial charge in [-0.3, -0.25) is 4.90 Å². The van der Waals surface area contributed by atoms with Gasteiger partial charge in [0.15, 0.2) is 0 Å². The SMILES string of the molecule is COc1ccc([C@H](CC(C)C)N2CCNCC2)c(F)c1.Cl. The van der Waals surface area contributed by atoms with E-state index in [1.54, 1.807) is 7.11 Å². The van der Waals surface area contributed by atoms with Gasteiger partial charge in [-0.25, -0.2) is 4.39 Å². The van der Waals surface area contributed by atoms with Crippen molar-refractivity contribution < 1.29 is 9.13 Å². The van der Waals surface area contributed by atoms with Crippen LogP contribution in [0.4, 0.5) is 4.39 Å². The number of nitrogens with one attached hydrogen (secondary N) is 1. The van der Waals surface area contributed by atoms with Gasteiger partial charge in [-0.05, 0) is 18.4 Å². The van der Waals surface area contributed by atoms with Gasteiger partial charge in [-0.1, -0.05) is 19.9 Å². The molecule has 0 amide bonds. The Hall–Kier alpha value is -0.840. The van der Waals surface area contributed by atoms with E-state index in [1.807, 2.05) is 12.1 Å². The highest BCUT2D eigenvalue weighted by Crippen LogP contribution is 2.31. The summed E-state index contributed by atoms with van der Waals surface area (Å²) in [5.74, 6) is 0.958. The van der Waals surface area contributed by atoms with Crippen LogP contribution in [0.2, 0.25) is 0 Å². The van der Waals surface area contributed by atoms with Gasteiger partial charge in [0.1, 0.15) is 11.6 Å². The predicted octanol–water partition coefficient (Wildman–Crippen LogP) is 3.25. The Bertz CT molecular complexity index is 436. The van der Waals surface area contributed by atoms with Crippen LogP contribution in [-0.2, 0) is 0 Å². The van der Waals surface area contributed by atoms with Crippen LogP contribution in [0.1, 0.15) is 31.9 Å². The van der Waals surface area contributed by atoms with E-state index in [4.69, 9.17) is 4.74 Å². The number of nitrogens with zero attached hydrogens (tertiary/aromatic N) is 1. The molecule has 1 atom stereocenters. The lowest BCUT2D eigenvalue weighted by atomic mass is 9.94. The van der Waals surface area contributed by atoms with Gasteiger partial charge in [0.05, 0.1) is 7.11 Å². The number of methoxy groups -OCH3 is 1. The van der Waals surface area contributed by atoms with Crippen LogP contribution >= 0.6 is 12.4 Å². The second-order valence-electron chi connectivity index (χ2n) is 5.82. The van der Waals surface area contributed by atoms with E-state index in [-0.39, 0.29) is 24.3 Å². The topological polar surface area (TPSA) is 24.5 Å². The minimum atomic E-state index is -0.159. The van der Waals surface area contributed by atoms with E-state index in [1.165, 1.54) is 6.07 Å². The molecule has 1 aliphatic rings. The molecular weight excluding hydrogens is 291 g/mol. The number of ether oxygens (including phenoxy) is 1. The molecule has 1 aromatic rings. The lowest BCUT2D eigenvalue weighted by Gasteiger charge is -2.36. The molecule has 2 rings (SSSR count). The normalized spacial score (nSPS) is 17.4. The van der Waals surface area contributed by atoms with Crippen molar-refractivity contribution in [2.45, 2.75) is 26.3 Å². The molecule has 1 fully saturated rings. The summed E-state index contributed by atoms with van der Waals surface area (Å²) >= 11 is 0. The van der Waals surface area contributed by atoms with Crippen LogP contribution in [0.5, 0.6) is 5.75 Å². The zero-order chi connectivity index (χ0) is 14.5. The summed E-state index contributed by atoms with van der Waals surface area (Å²) in [5, 5.41) is 3.35. The summed E-state index contributed by atoms with van der Waals surface area (Å²) in [7, 11) is 1.57. The highest BCUT2D eigenvalue weighted by Gasteiger charge is 2.25. The lowest BCUT2D eigenvalue weighted by molar-refractivity contribution is 0.151. The van der Waals surface area contributed by atoms with Gasteiger partial charge in [0.25, 0.3) is 0 Å². The van der Waals surface area contributed by atoms with Crippen LogP contribution in [0.15, 0.2) is 18.2 Å². The van der Waals surface area contributed by atoms with Crippen molar-refractivity contribution in [2.24, 2.45) is 5.92 Å². The second-order valence-corrected chi connectivity index (χ2v) is 5.82. The van der Waals surface area contributed by atoms with E-state index >= 15 is 0 Å². The van der Waals surface area contributed by atoms with Crippen LogP contribution in [0, 0.1) is 11.7 Å². The summed E-state index contributed by atoms with van der Waals surface area (Å²) in [4.78, 5) is 2.39. The number of rotatable bonds is 5. The van der Waals surface area contributed by atoms with E-state index in [0.717, 1.165) is 38.2 Å². The number of benzene rings is 1. The Morgan fingerprint density at radius 2 is 1.95 bits per heavy atom. The summed E-state index contributed by atoms with van der Waals surface area (Å²) in [5.41, 5.74) is 0.793. The fourth-order valence-corrected chi connectivity index (χ4v) is 2.82. The van der Waals surface area contributed by atoms with E-state index in [2.05, 4.69) is 24.1 Å². The highest BCUT2D eigenvalue weighted by molar-refractivity contribution is 5.85. The second kappa shape index (κ2) is 8.57. The summed E-state index contributed by atoms with van der Waals surface area (Å²) in [6, 6.07) is 5.38. The Morgan fingerprint density at radius 1 is 1.29 bits per heavy atom. The Kier molecular flexibility index (Phi) is 7.43. The third-order valence-corrected chi connectivity index (χ3v) is 3.85. The van der Waals surface area contributed by atoms with E-state index in [9.17, 15) is 4.39 Å². The third kappa shape index (κ3) is 4.83. The summed E-state index contributed by atoms with van der Waals surface area (Å²) < 4.78 is 19.5. The molecule has 0 aliphatic carbocycles. The van der Waals surface area contributed by atoms with Crippen molar-refractivity contribution >= 4 is 12.4 Å². The van der Waals surface area contributed by atoms with Crippen molar-refractivity contribution in [2.75, 3.05) is 33.3 Å². The molecule has 1 aromatic carbocycles. The molecule has 21 heavy (non-hydrogen) atoms. The zero-order valence-corrected chi connectivity index (χ0v) is 13.9. The largest absolute Gasteiger partial charge is 0.497 e. The van der Waals surface area contributed by atoms with Gasteiger partial charge in [-0.2, -0.15) is 0 Å². The number of halogens is 2. The minimum Gasteiger partial charge on any atom is -0.497 e. The van der Waals surface area contributed by atoms with Crippen LogP contribution in [-0.4, -0.2) is 38.2 Å². The average Bonchev–Trinajstić information content (AvgIpc) is 2.45. The molecule has 0 saturated carbocycles. The van der Waals surface area contributed by atoms with Crippen molar-refractivity contribution in [1.29, 1.82) is 0 Å². The smallest absolute Gasteiger partial charge is 0.131 e. The molecular formula is C16H26ClFN2O. The maximum atomic E-state index is 14.4. The quantitative estimate of drug-likeness (QED) is 0.902. The first-order valence-electron chi connectivity index (χ1n) is 7.40. The molecule has 0 radical (unpaired) electrons. The predicted molar refractivity (Wildman–Crippen MR) is 86.8 cm³/mol. The molecule has 0 aromatic heterocycles. The molecule has 0 bridgehead atoms. The maximum absolute atomic E-state index is 14.4. The first-order valence-corrected chi connectivity index (χ1v) is 7.40. The van der Waals surface area contributed by atoms with Crippen molar-refractivity contribution in [1.82, 2.24) is 10.2 Å². The summed E-state index contributed by atoms with van der Waals surface area (Å²) in [6.45, 7) is 8.29. The van der Waals surface area contributed by atoms with E-state index in [0.29, 0.717) is 11.7 Å². The van der Waals surface area contributed by atoms with Gasteiger partial charge in [0, 0.05) is 43.9 Å². The molecule has 1 N–H and O–H groups in total. The zero-order valence-electron chi connectivity index (χ0n) is 13.1. The molecule has 120 valence electrons. The van der Waals surface area contributed by atoms with Crippen molar-refractivity contribution in [3.63, 3.8) is 0 Å². The Labute approximate surface area is 133 Å². The van der Waals surface area contributed by atoms with Crippen molar-refractivity contribution in [3.05, 3.63) is 29.6 Å². The van der Waals surface area contributed by atoms with Gasteiger partial charge in [-0.15, -0.1) is 12.4 Å². The number of hydrogen-bond acceptors (Lipinski definition) is 3. The molecule has 5 heteroatoms. The summed E-state index contributed by atoms with van der Waals surface area (Å²) in [6.07, 6.45) is 0.975. The Balaban J connectivity index is 0.00000220. The van der Waals surface area contributed by atoms with Crippen molar-refractivity contribution in [3.8, 4) is 5.75 Å². The number of piperazine rings is 1. The fraction of sp³-hybridized carbons (Fsp3) is 0.625. The first kappa shape index (κ1) is 18.2. The molecule has 0 spiro atoms. The van der Waals surface area contributed by atoms with Crippen LogP contribution in [0.25, 0.3) is 0 Å². The van der Waals surface area contributed by atoms with Gasteiger partial charge >= 0.3 is 0 Å². The fourth-order valence-electron chi connectivity index (χ4n) is 2.82. The third-order valence-electron chi connectivity index (χ3n) is 3.85. The monoisotopic (exact) mass is 316 g/mol. The molecule has 1 saturated heterocycles.